The average Bonchev–Trinajstić information content (AvgIpc) is 2.13. The summed E-state index contributed by atoms with van der Waals surface area (Å²) < 4.78 is 4.77. The Kier molecular flexibility index (Phi) is 7.27. The van der Waals surface area contributed by atoms with E-state index in [1.165, 1.54) is 0 Å². The molecule has 86 valence electrons. The number of hydrogen-bond donors (Lipinski definition) is 1. The summed E-state index contributed by atoms with van der Waals surface area (Å²) >= 11 is 0. The quantitative estimate of drug-likeness (QED) is 0.381. The van der Waals surface area contributed by atoms with Gasteiger partial charge in [0.1, 0.15) is 0 Å². The van der Waals surface area contributed by atoms with E-state index in [1.807, 2.05) is 19.0 Å². The van der Waals surface area contributed by atoms with E-state index < -0.39 is 11.9 Å². The molecule has 0 aliphatic carbocycles. The lowest BCUT2D eigenvalue weighted by Gasteiger charge is -2.08. The molecule has 5 nitrogen and oxygen atoms in total. The smallest absolute Gasteiger partial charge is 0.331 e. The van der Waals surface area contributed by atoms with E-state index in [0.717, 1.165) is 31.5 Å². The van der Waals surface area contributed by atoms with Gasteiger partial charge in [-0.2, -0.15) is 0 Å². The molecule has 0 unspecified atom stereocenters. The first-order valence-electron chi connectivity index (χ1n) is 4.75. The predicted octanol–water partition coefficient (Wildman–Crippen LogP) is 0.512. The molecule has 15 heavy (non-hydrogen) atoms. The van der Waals surface area contributed by atoms with Gasteiger partial charge in [-0.3, -0.25) is 0 Å². The second-order valence-electron chi connectivity index (χ2n) is 3.35. The Morgan fingerprint density at radius 2 is 1.93 bits per heavy atom. The highest BCUT2D eigenvalue weighted by Crippen LogP contribution is 1.92. The number of ether oxygens (including phenoxy) is 1. The minimum atomic E-state index is -1.15. The Labute approximate surface area is 89.3 Å². The molecule has 0 fully saturated rings. The third-order valence-electron chi connectivity index (χ3n) is 1.61. The SMILES string of the molecule is CN(C)CCCCOC(=O)C=CC(=O)O. The normalized spacial score (nSPS) is 10.9. The number of carboxylic acids is 1. The van der Waals surface area contributed by atoms with Crippen LogP contribution in [-0.4, -0.2) is 49.2 Å². The van der Waals surface area contributed by atoms with Gasteiger partial charge in [-0.05, 0) is 33.5 Å². The molecule has 0 aliphatic rings. The van der Waals surface area contributed by atoms with Gasteiger partial charge in [0.2, 0.25) is 0 Å². The minimum absolute atomic E-state index is 0.330. The maximum absolute atomic E-state index is 10.9. The van der Waals surface area contributed by atoms with Gasteiger partial charge in [-0.15, -0.1) is 0 Å². The molecule has 0 atom stereocenters. The summed E-state index contributed by atoms with van der Waals surface area (Å²) in [7, 11) is 3.95. The van der Waals surface area contributed by atoms with Crippen LogP contribution in [0.15, 0.2) is 12.2 Å². The van der Waals surface area contributed by atoms with Crippen molar-refractivity contribution in [3.05, 3.63) is 12.2 Å². The van der Waals surface area contributed by atoms with Gasteiger partial charge in [0.25, 0.3) is 0 Å². The van der Waals surface area contributed by atoms with Crippen LogP contribution in [0, 0.1) is 0 Å². The van der Waals surface area contributed by atoms with Crippen LogP contribution in [0.1, 0.15) is 12.8 Å². The molecule has 1 N–H and O–H groups in total. The third-order valence-corrected chi connectivity index (χ3v) is 1.61. The molecule has 5 heteroatoms. The van der Waals surface area contributed by atoms with Crippen molar-refractivity contribution in [1.82, 2.24) is 4.90 Å². The standard InChI is InChI=1S/C10H17NO4/c1-11(2)7-3-4-8-15-10(14)6-5-9(12)13/h5-6H,3-4,7-8H2,1-2H3,(H,12,13). The van der Waals surface area contributed by atoms with Gasteiger partial charge in [0, 0.05) is 12.2 Å². The number of nitrogens with zero attached hydrogens (tertiary/aromatic N) is 1. The molecular weight excluding hydrogens is 198 g/mol. The fourth-order valence-corrected chi connectivity index (χ4v) is 0.890. The number of carboxylic acid groups (broad SMARTS) is 1. The predicted molar refractivity (Wildman–Crippen MR) is 55.5 cm³/mol. The van der Waals surface area contributed by atoms with E-state index in [9.17, 15) is 9.59 Å². The highest BCUT2D eigenvalue weighted by Gasteiger charge is 1.98. The van der Waals surface area contributed by atoms with E-state index >= 15 is 0 Å². The van der Waals surface area contributed by atoms with Crippen molar-refractivity contribution in [2.75, 3.05) is 27.2 Å². The van der Waals surface area contributed by atoms with Gasteiger partial charge in [0.15, 0.2) is 0 Å². The van der Waals surface area contributed by atoms with E-state index in [0.29, 0.717) is 6.61 Å². The lowest BCUT2D eigenvalue weighted by Crippen LogP contribution is -2.13. The number of unbranched alkanes of at least 4 members (excludes halogenated alkanes) is 1. The van der Waals surface area contributed by atoms with Gasteiger partial charge in [0.05, 0.1) is 6.61 Å². The van der Waals surface area contributed by atoms with Gasteiger partial charge < -0.3 is 14.7 Å². The maximum atomic E-state index is 10.9. The number of rotatable bonds is 7. The molecule has 0 spiro atoms. The Morgan fingerprint density at radius 1 is 1.27 bits per heavy atom. The summed E-state index contributed by atoms with van der Waals surface area (Å²) in [6.45, 7) is 1.28. The van der Waals surface area contributed by atoms with E-state index in [2.05, 4.69) is 0 Å². The van der Waals surface area contributed by atoms with Crippen molar-refractivity contribution in [3.63, 3.8) is 0 Å². The molecule has 0 aliphatic heterocycles. The summed E-state index contributed by atoms with van der Waals surface area (Å²) in [6.07, 6.45) is 3.41. The number of aliphatic carboxylic acids is 1. The molecule has 0 aromatic rings. The van der Waals surface area contributed by atoms with Crippen LogP contribution in [0.25, 0.3) is 0 Å². The second-order valence-corrected chi connectivity index (χ2v) is 3.35. The zero-order valence-corrected chi connectivity index (χ0v) is 9.10. The molecule has 0 saturated heterocycles. The maximum Gasteiger partial charge on any atom is 0.331 e. The van der Waals surface area contributed by atoms with Crippen molar-refractivity contribution in [2.45, 2.75) is 12.8 Å². The molecule has 0 rings (SSSR count). The third kappa shape index (κ3) is 10.6. The van der Waals surface area contributed by atoms with Crippen LogP contribution in [0.2, 0.25) is 0 Å². The Morgan fingerprint density at radius 3 is 2.47 bits per heavy atom. The molecule has 0 aromatic heterocycles. The lowest BCUT2D eigenvalue weighted by atomic mass is 10.3. The second kappa shape index (κ2) is 7.99. The zero-order chi connectivity index (χ0) is 11.7. The lowest BCUT2D eigenvalue weighted by molar-refractivity contribution is -0.138. The Bertz CT molecular complexity index is 236. The molecule has 0 bridgehead atoms. The van der Waals surface area contributed by atoms with Crippen LogP contribution >= 0.6 is 0 Å². The summed E-state index contributed by atoms with van der Waals surface area (Å²) in [5, 5.41) is 8.23. The highest BCUT2D eigenvalue weighted by molar-refractivity contribution is 5.90. The molecule has 0 radical (unpaired) electrons. The summed E-state index contributed by atoms with van der Waals surface area (Å²) in [4.78, 5) is 23.0. The monoisotopic (exact) mass is 215 g/mol. The fourth-order valence-electron chi connectivity index (χ4n) is 0.890. The van der Waals surface area contributed by atoms with E-state index in [4.69, 9.17) is 9.84 Å². The van der Waals surface area contributed by atoms with Gasteiger partial charge in [-0.25, -0.2) is 9.59 Å². The van der Waals surface area contributed by atoms with Crippen molar-refractivity contribution >= 4 is 11.9 Å². The number of hydrogen-bond acceptors (Lipinski definition) is 4. The topological polar surface area (TPSA) is 66.8 Å². The number of carbonyl (C=O) groups excluding carboxylic acids is 1. The average molecular weight is 215 g/mol. The zero-order valence-electron chi connectivity index (χ0n) is 9.10. The fraction of sp³-hybridized carbons (Fsp3) is 0.600. The summed E-state index contributed by atoms with van der Waals surface area (Å²) in [6, 6.07) is 0. The first-order chi connectivity index (χ1) is 7.02. The van der Waals surface area contributed by atoms with E-state index in [1.54, 1.807) is 0 Å². The van der Waals surface area contributed by atoms with Gasteiger partial charge >= 0.3 is 11.9 Å². The minimum Gasteiger partial charge on any atom is -0.478 e. The van der Waals surface area contributed by atoms with Gasteiger partial charge in [-0.1, -0.05) is 0 Å². The Hall–Kier alpha value is -1.36. The number of carbonyl (C=O) groups is 2. The van der Waals surface area contributed by atoms with E-state index in [-0.39, 0.29) is 0 Å². The molecule has 0 aromatic carbocycles. The first-order valence-corrected chi connectivity index (χ1v) is 4.75. The molecule has 0 amide bonds. The van der Waals surface area contributed by atoms with Crippen molar-refractivity contribution in [2.24, 2.45) is 0 Å². The van der Waals surface area contributed by atoms with Crippen molar-refractivity contribution in [3.8, 4) is 0 Å². The van der Waals surface area contributed by atoms with Crippen molar-refractivity contribution < 1.29 is 19.4 Å². The summed E-state index contributed by atoms with van der Waals surface area (Å²) in [5.41, 5.74) is 0. The van der Waals surface area contributed by atoms with Crippen LogP contribution in [0.5, 0.6) is 0 Å². The van der Waals surface area contributed by atoms with Crippen LogP contribution in [-0.2, 0) is 14.3 Å². The van der Waals surface area contributed by atoms with Crippen LogP contribution in [0.3, 0.4) is 0 Å². The number of esters is 1. The largest absolute Gasteiger partial charge is 0.478 e. The van der Waals surface area contributed by atoms with Crippen LogP contribution in [0.4, 0.5) is 0 Å². The molecule has 0 heterocycles. The van der Waals surface area contributed by atoms with Crippen molar-refractivity contribution in [1.29, 1.82) is 0 Å². The van der Waals surface area contributed by atoms with Crippen LogP contribution < -0.4 is 0 Å². The molecule has 0 saturated carbocycles. The summed E-state index contributed by atoms with van der Waals surface area (Å²) in [5.74, 6) is -1.76. The Balaban J connectivity index is 3.43. The first kappa shape index (κ1) is 13.6. The highest BCUT2D eigenvalue weighted by atomic mass is 16.5. The molecular formula is C10H17NO4.